The minimum atomic E-state index is -0.818. The zero-order valence-electron chi connectivity index (χ0n) is 47.8. The molecule has 0 aromatic rings. The molecule has 0 fully saturated rings. The summed E-state index contributed by atoms with van der Waals surface area (Å²) in [5.41, 5.74) is 0. The van der Waals surface area contributed by atoms with Gasteiger partial charge in [0.05, 0.1) is 0 Å². The Balaban J connectivity index is 4.53. The zero-order valence-corrected chi connectivity index (χ0v) is 47.8. The number of ether oxygens (including phenoxy) is 3. The van der Waals surface area contributed by atoms with E-state index in [-0.39, 0.29) is 37.5 Å². The van der Waals surface area contributed by atoms with Gasteiger partial charge in [-0.05, 0) is 135 Å². The fourth-order valence-corrected chi connectivity index (χ4v) is 7.84. The van der Waals surface area contributed by atoms with Crippen LogP contribution in [0.15, 0.2) is 134 Å². The molecule has 0 saturated heterocycles. The molecule has 1 atom stereocenters. The van der Waals surface area contributed by atoms with E-state index in [0.29, 0.717) is 19.3 Å². The lowest BCUT2D eigenvalue weighted by Gasteiger charge is -2.18. The van der Waals surface area contributed by atoms with E-state index in [1.54, 1.807) is 0 Å². The number of esters is 3. The van der Waals surface area contributed by atoms with Crippen molar-refractivity contribution in [1.82, 2.24) is 0 Å². The molecule has 0 rings (SSSR count). The number of hydrogen-bond acceptors (Lipinski definition) is 6. The van der Waals surface area contributed by atoms with Gasteiger partial charge in [0.1, 0.15) is 13.2 Å². The van der Waals surface area contributed by atoms with Crippen molar-refractivity contribution in [3.8, 4) is 0 Å². The van der Waals surface area contributed by atoms with E-state index in [1.165, 1.54) is 83.5 Å². The first-order valence-corrected chi connectivity index (χ1v) is 30.2. The molecule has 0 saturated carbocycles. The van der Waals surface area contributed by atoms with Gasteiger partial charge < -0.3 is 14.2 Å². The Morgan fingerprint density at radius 1 is 0.284 bits per heavy atom. The topological polar surface area (TPSA) is 78.9 Å². The Morgan fingerprint density at radius 2 is 0.541 bits per heavy atom. The van der Waals surface area contributed by atoms with Crippen molar-refractivity contribution < 1.29 is 28.6 Å². The van der Waals surface area contributed by atoms with Gasteiger partial charge in [0.2, 0.25) is 0 Å². The molecule has 0 aromatic heterocycles. The monoisotopic (exact) mass is 1020 g/mol. The number of carbonyl (C=O) groups excluding carboxylic acids is 3. The van der Waals surface area contributed by atoms with Crippen molar-refractivity contribution in [2.45, 2.75) is 264 Å². The first-order valence-electron chi connectivity index (χ1n) is 30.2. The summed E-state index contributed by atoms with van der Waals surface area (Å²) < 4.78 is 16.8. The van der Waals surface area contributed by atoms with Gasteiger partial charge in [0.15, 0.2) is 6.10 Å². The van der Waals surface area contributed by atoms with Crippen LogP contribution in [0.3, 0.4) is 0 Å². The third kappa shape index (κ3) is 58.4. The van der Waals surface area contributed by atoms with Crippen LogP contribution in [0.5, 0.6) is 0 Å². The van der Waals surface area contributed by atoms with Crippen molar-refractivity contribution in [1.29, 1.82) is 0 Å². The van der Waals surface area contributed by atoms with Gasteiger partial charge in [0.25, 0.3) is 0 Å². The summed E-state index contributed by atoms with van der Waals surface area (Å²) in [6.45, 7) is 6.42. The molecule has 0 aliphatic rings. The summed E-state index contributed by atoms with van der Waals surface area (Å²) in [6.07, 6.45) is 85.9. The number of allylic oxidation sites excluding steroid dienone is 22. The quantitative estimate of drug-likeness (QED) is 0.0261. The fraction of sp³-hybridized carbons (Fsp3) is 0.632. The minimum Gasteiger partial charge on any atom is -0.462 e. The normalized spacial score (nSPS) is 13.1. The summed E-state index contributed by atoms with van der Waals surface area (Å²) >= 11 is 0. The van der Waals surface area contributed by atoms with Crippen LogP contribution in [-0.2, 0) is 28.6 Å². The van der Waals surface area contributed by atoms with E-state index in [1.807, 2.05) is 0 Å². The lowest BCUT2D eigenvalue weighted by molar-refractivity contribution is -0.167. The molecule has 0 bridgehead atoms. The van der Waals surface area contributed by atoms with E-state index < -0.39 is 6.10 Å². The molecule has 6 nitrogen and oxygen atoms in total. The van der Waals surface area contributed by atoms with Gasteiger partial charge in [0, 0.05) is 19.3 Å². The number of carbonyl (C=O) groups is 3. The Labute approximate surface area is 455 Å². The molecule has 1 unspecified atom stereocenters. The maximum absolute atomic E-state index is 12.9. The van der Waals surface area contributed by atoms with Crippen LogP contribution in [0.2, 0.25) is 0 Å². The standard InChI is InChI=1S/C68H110O6/c1-4-7-10-13-16-19-22-25-28-30-32-33-34-35-37-38-40-43-46-49-52-55-58-61-67(70)73-64-65(63-72-66(69)60-57-54-51-48-45-42-27-24-21-18-15-12-9-6-3)74-68(71)62-59-56-53-50-47-44-41-39-36-31-29-26-23-20-17-14-11-8-5-2/h7,10,16-17,19-20,24-29,32-33,35-37,39-40,43,49,52,65H,4-6,8-9,11-15,18,21-23,30-31,34,38,41-42,44-48,50-51,53-64H2,1-3H3/b10-7-,19-16-,20-17-,27-24-,28-25-,29-26-,33-32-,37-35-,39-36-,43-40-,52-49-. The first-order chi connectivity index (χ1) is 36.5. The van der Waals surface area contributed by atoms with E-state index >= 15 is 0 Å². The molecule has 74 heavy (non-hydrogen) atoms. The molecule has 0 aliphatic heterocycles. The van der Waals surface area contributed by atoms with Crippen LogP contribution < -0.4 is 0 Å². The number of hydrogen-bond donors (Lipinski definition) is 0. The largest absolute Gasteiger partial charge is 0.462 e. The third-order valence-corrected chi connectivity index (χ3v) is 12.4. The second kappa shape index (κ2) is 61.1. The SMILES string of the molecule is CC/C=C\C/C=C\C/C=C\C/C=C\C/C=C\C/C=C\C/C=C\CCCC(=O)OCC(COC(=O)CCCCCCC/C=C\CCCCCCC)OC(=O)CCCCCCCC/C=C\C/C=C\C/C=C\CCCCC. The zero-order chi connectivity index (χ0) is 53.6. The van der Waals surface area contributed by atoms with Crippen LogP contribution in [0.25, 0.3) is 0 Å². The van der Waals surface area contributed by atoms with Gasteiger partial charge in [-0.25, -0.2) is 0 Å². The Bertz CT molecular complexity index is 1600. The lowest BCUT2D eigenvalue weighted by atomic mass is 10.1. The van der Waals surface area contributed by atoms with Crippen molar-refractivity contribution in [2.75, 3.05) is 13.2 Å². The van der Waals surface area contributed by atoms with Gasteiger partial charge >= 0.3 is 17.9 Å². The Kier molecular flexibility index (Phi) is 57.4. The molecular weight excluding hydrogens is 913 g/mol. The van der Waals surface area contributed by atoms with E-state index in [4.69, 9.17) is 14.2 Å². The number of rotatable bonds is 53. The molecule has 0 radical (unpaired) electrons. The molecule has 418 valence electrons. The molecular formula is C68H110O6. The highest BCUT2D eigenvalue weighted by molar-refractivity contribution is 5.71. The minimum absolute atomic E-state index is 0.110. The van der Waals surface area contributed by atoms with Gasteiger partial charge in [-0.2, -0.15) is 0 Å². The third-order valence-electron chi connectivity index (χ3n) is 12.4. The van der Waals surface area contributed by atoms with Crippen LogP contribution >= 0.6 is 0 Å². The van der Waals surface area contributed by atoms with Crippen molar-refractivity contribution in [3.05, 3.63) is 134 Å². The number of unbranched alkanes of at least 4 members (excludes halogenated alkanes) is 20. The average Bonchev–Trinajstić information content (AvgIpc) is 3.40. The van der Waals surface area contributed by atoms with Crippen LogP contribution in [0.4, 0.5) is 0 Å². The van der Waals surface area contributed by atoms with E-state index in [0.717, 1.165) is 128 Å². The summed E-state index contributed by atoms with van der Waals surface area (Å²) in [5, 5.41) is 0. The van der Waals surface area contributed by atoms with Crippen molar-refractivity contribution in [2.24, 2.45) is 0 Å². The Hall–Kier alpha value is -4.45. The van der Waals surface area contributed by atoms with Crippen LogP contribution in [0.1, 0.15) is 258 Å². The van der Waals surface area contributed by atoms with Gasteiger partial charge in [-0.3, -0.25) is 14.4 Å². The van der Waals surface area contributed by atoms with Crippen molar-refractivity contribution >= 4 is 17.9 Å². The molecule has 0 aromatic carbocycles. The van der Waals surface area contributed by atoms with Crippen LogP contribution in [-0.4, -0.2) is 37.2 Å². The average molecular weight is 1020 g/mol. The first kappa shape index (κ1) is 69.5. The maximum atomic E-state index is 12.9. The smallest absolute Gasteiger partial charge is 0.306 e. The maximum Gasteiger partial charge on any atom is 0.306 e. The summed E-state index contributed by atoms with van der Waals surface area (Å²) in [5.74, 6) is -0.994. The summed E-state index contributed by atoms with van der Waals surface area (Å²) in [7, 11) is 0. The van der Waals surface area contributed by atoms with Crippen molar-refractivity contribution in [3.63, 3.8) is 0 Å². The lowest BCUT2D eigenvalue weighted by Crippen LogP contribution is -2.30. The highest BCUT2D eigenvalue weighted by atomic mass is 16.6. The molecule has 0 N–H and O–H groups in total. The summed E-state index contributed by atoms with van der Waals surface area (Å²) in [6, 6.07) is 0. The molecule has 0 amide bonds. The van der Waals surface area contributed by atoms with Gasteiger partial charge in [-0.15, -0.1) is 0 Å². The molecule has 0 heterocycles. The predicted molar refractivity (Wildman–Crippen MR) is 320 cm³/mol. The van der Waals surface area contributed by atoms with Gasteiger partial charge in [-0.1, -0.05) is 238 Å². The molecule has 0 spiro atoms. The van der Waals surface area contributed by atoms with E-state index in [9.17, 15) is 14.4 Å². The fourth-order valence-electron chi connectivity index (χ4n) is 7.84. The highest BCUT2D eigenvalue weighted by Gasteiger charge is 2.19. The van der Waals surface area contributed by atoms with Crippen LogP contribution in [0, 0.1) is 0 Å². The van der Waals surface area contributed by atoms with E-state index in [2.05, 4.69) is 154 Å². The highest BCUT2D eigenvalue weighted by Crippen LogP contribution is 2.13. The molecule has 0 aliphatic carbocycles. The summed E-state index contributed by atoms with van der Waals surface area (Å²) in [4.78, 5) is 38.2. The Morgan fingerprint density at radius 3 is 0.919 bits per heavy atom. The predicted octanol–water partition coefficient (Wildman–Crippen LogP) is 20.6. The molecule has 6 heteroatoms. The second-order valence-corrected chi connectivity index (χ2v) is 19.5. The second-order valence-electron chi connectivity index (χ2n) is 19.5.